The zero-order valence-corrected chi connectivity index (χ0v) is 16.8. The van der Waals surface area contributed by atoms with E-state index in [1.54, 1.807) is 36.0 Å². The number of amides is 3. The van der Waals surface area contributed by atoms with Gasteiger partial charge in [0, 0.05) is 36.6 Å². The Bertz CT molecular complexity index is 1060. The molecule has 3 amide bonds. The third-order valence-electron chi connectivity index (χ3n) is 4.43. The van der Waals surface area contributed by atoms with Crippen molar-refractivity contribution in [2.24, 2.45) is 0 Å². The molecule has 0 bridgehead atoms. The third-order valence-corrected chi connectivity index (χ3v) is 4.43. The summed E-state index contributed by atoms with van der Waals surface area (Å²) in [6, 6.07) is 15.0. The van der Waals surface area contributed by atoms with Crippen molar-refractivity contribution >= 4 is 29.1 Å². The molecule has 0 atom stereocenters. The molecule has 3 N–H and O–H groups in total. The van der Waals surface area contributed by atoms with Gasteiger partial charge in [0.05, 0.1) is 12.7 Å². The van der Waals surface area contributed by atoms with Gasteiger partial charge in [0.1, 0.15) is 0 Å². The first-order valence-corrected chi connectivity index (χ1v) is 9.44. The van der Waals surface area contributed by atoms with Crippen molar-refractivity contribution in [1.82, 2.24) is 15.1 Å². The van der Waals surface area contributed by atoms with Crippen LogP contribution in [0, 0.1) is 6.92 Å². The van der Waals surface area contributed by atoms with Crippen molar-refractivity contribution in [2.45, 2.75) is 26.9 Å². The molecule has 0 aliphatic heterocycles. The third kappa shape index (κ3) is 5.54. The van der Waals surface area contributed by atoms with Crippen LogP contribution in [0.5, 0.6) is 0 Å². The summed E-state index contributed by atoms with van der Waals surface area (Å²) in [4.78, 5) is 35.7. The zero-order chi connectivity index (χ0) is 21.5. The number of aromatic nitrogens is 2. The van der Waals surface area contributed by atoms with E-state index in [-0.39, 0.29) is 12.5 Å². The number of hydrogen-bond acceptors (Lipinski definition) is 4. The van der Waals surface area contributed by atoms with Crippen LogP contribution in [0.25, 0.3) is 0 Å². The summed E-state index contributed by atoms with van der Waals surface area (Å²) in [6.45, 7) is 3.96. The van der Waals surface area contributed by atoms with Gasteiger partial charge in [-0.25, -0.2) is 0 Å². The van der Waals surface area contributed by atoms with Gasteiger partial charge in [-0.1, -0.05) is 36.4 Å². The average molecular weight is 405 g/mol. The molecule has 8 heteroatoms. The molecule has 1 heterocycles. The fourth-order valence-electron chi connectivity index (χ4n) is 2.89. The highest BCUT2D eigenvalue weighted by atomic mass is 16.2. The van der Waals surface area contributed by atoms with Crippen molar-refractivity contribution < 1.29 is 14.4 Å². The number of nitrogens with one attached hydrogen (secondary N) is 3. The summed E-state index contributed by atoms with van der Waals surface area (Å²) in [5, 5.41) is 12.1. The Kier molecular flexibility index (Phi) is 6.59. The highest BCUT2D eigenvalue weighted by Gasteiger charge is 2.16. The maximum Gasteiger partial charge on any atom is 0.313 e. The van der Waals surface area contributed by atoms with Crippen molar-refractivity contribution in [2.75, 3.05) is 10.6 Å². The van der Waals surface area contributed by atoms with Gasteiger partial charge in [-0.3, -0.25) is 19.1 Å². The number of nitrogens with zero attached hydrogens (tertiary/aromatic N) is 2. The number of rotatable bonds is 6. The molecule has 0 saturated carbocycles. The van der Waals surface area contributed by atoms with Crippen LogP contribution in [0.15, 0.2) is 60.9 Å². The van der Waals surface area contributed by atoms with E-state index >= 15 is 0 Å². The first kappa shape index (κ1) is 20.8. The van der Waals surface area contributed by atoms with Crippen molar-refractivity contribution in [3.63, 3.8) is 0 Å². The van der Waals surface area contributed by atoms with E-state index in [0.717, 1.165) is 11.1 Å². The molecule has 0 unspecified atom stereocenters. The molecule has 2 aromatic carbocycles. The standard InChI is InChI=1S/C22H23N5O3/c1-15-19(25-16(2)28)9-6-10-20(15)26-22(30)21(29)23-11-18-12-24-27(14-18)13-17-7-4-3-5-8-17/h3-10,12,14H,11,13H2,1-2H3,(H,23,29)(H,25,28)(H,26,30). The molecular weight excluding hydrogens is 382 g/mol. The molecule has 0 aliphatic carbocycles. The smallest absolute Gasteiger partial charge is 0.313 e. The fourth-order valence-corrected chi connectivity index (χ4v) is 2.89. The van der Waals surface area contributed by atoms with Crippen LogP contribution in [-0.4, -0.2) is 27.5 Å². The van der Waals surface area contributed by atoms with Crippen LogP contribution >= 0.6 is 0 Å². The number of hydrogen-bond donors (Lipinski definition) is 3. The summed E-state index contributed by atoms with van der Waals surface area (Å²) in [5.74, 6) is -1.75. The number of benzene rings is 2. The van der Waals surface area contributed by atoms with Crippen LogP contribution in [0.1, 0.15) is 23.6 Å². The molecular formula is C22H23N5O3. The van der Waals surface area contributed by atoms with Crippen molar-refractivity contribution in [1.29, 1.82) is 0 Å². The topological polar surface area (TPSA) is 105 Å². The molecule has 154 valence electrons. The second-order valence-corrected chi connectivity index (χ2v) is 6.83. The van der Waals surface area contributed by atoms with Crippen LogP contribution in [0.4, 0.5) is 11.4 Å². The maximum absolute atomic E-state index is 12.2. The Balaban J connectivity index is 1.54. The van der Waals surface area contributed by atoms with E-state index in [9.17, 15) is 14.4 Å². The lowest BCUT2D eigenvalue weighted by Gasteiger charge is -2.12. The molecule has 0 aliphatic rings. The predicted octanol–water partition coefficient (Wildman–Crippen LogP) is 2.45. The van der Waals surface area contributed by atoms with Gasteiger partial charge < -0.3 is 16.0 Å². The Morgan fingerprint density at radius 1 is 0.900 bits per heavy atom. The number of anilines is 2. The van der Waals surface area contributed by atoms with Crippen LogP contribution in [0.2, 0.25) is 0 Å². The lowest BCUT2D eigenvalue weighted by Crippen LogP contribution is -2.35. The van der Waals surface area contributed by atoms with Gasteiger partial charge in [0.2, 0.25) is 5.91 Å². The van der Waals surface area contributed by atoms with E-state index in [2.05, 4.69) is 21.0 Å². The minimum atomic E-state index is -0.783. The average Bonchev–Trinajstić information content (AvgIpc) is 3.17. The van der Waals surface area contributed by atoms with Gasteiger partial charge in [0.25, 0.3) is 0 Å². The zero-order valence-electron chi connectivity index (χ0n) is 16.8. The largest absolute Gasteiger partial charge is 0.344 e. The summed E-state index contributed by atoms with van der Waals surface area (Å²) in [5.41, 5.74) is 3.60. The Hall–Kier alpha value is -3.94. The molecule has 0 fully saturated rings. The van der Waals surface area contributed by atoms with Crippen molar-refractivity contribution in [3.05, 3.63) is 77.6 Å². The molecule has 8 nitrogen and oxygen atoms in total. The first-order chi connectivity index (χ1) is 14.4. The minimum Gasteiger partial charge on any atom is -0.344 e. The minimum absolute atomic E-state index is 0.186. The molecule has 1 aromatic heterocycles. The molecule has 30 heavy (non-hydrogen) atoms. The van der Waals surface area contributed by atoms with E-state index in [4.69, 9.17) is 0 Å². The highest BCUT2D eigenvalue weighted by molar-refractivity contribution is 6.39. The summed E-state index contributed by atoms with van der Waals surface area (Å²) < 4.78 is 1.77. The lowest BCUT2D eigenvalue weighted by molar-refractivity contribution is -0.136. The lowest BCUT2D eigenvalue weighted by atomic mass is 10.1. The highest BCUT2D eigenvalue weighted by Crippen LogP contribution is 2.23. The molecule has 3 rings (SSSR count). The molecule has 0 radical (unpaired) electrons. The van der Waals surface area contributed by atoms with Gasteiger partial charge in [-0.05, 0) is 30.2 Å². The maximum atomic E-state index is 12.2. The van der Waals surface area contributed by atoms with E-state index in [1.807, 2.05) is 36.5 Å². The normalized spacial score (nSPS) is 10.3. The van der Waals surface area contributed by atoms with Gasteiger partial charge >= 0.3 is 11.8 Å². The summed E-state index contributed by atoms with van der Waals surface area (Å²) in [6.07, 6.45) is 3.48. The van der Waals surface area contributed by atoms with Crippen LogP contribution in [-0.2, 0) is 27.5 Å². The second-order valence-electron chi connectivity index (χ2n) is 6.83. The van der Waals surface area contributed by atoms with Crippen molar-refractivity contribution in [3.8, 4) is 0 Å². The van der Waals surface area contributed by atoms with Crippen LogP contribution in [0.3, 0.4) is 0 Å². The molecule has 3 aromatic rings. The number of carbonyl (C=O) groups is 3. The predicted molar refractivity (Wildman–Crippen MR) is 114 cm³/mol. The molecule has 0 spiro atoms. The second kappa shape index (κ2) is 9.51. The Morgan fingerprint density at radius 2 is 1.60 bits per heavy atom. The monoisotopic (exact) mass is 405 g/mol. The van der Waals surface area contributed by atoms with Gasteiger partial charge in [0.15, 0.2) is 0 Å². The van der Waals surface area contributed by atoms with Gasteiger partial charge in [-0.2, -0.15) is 5.10 Å². The quantitative estimate of drug-likeness (QED) is 0.548. The van der Waals surface area contributed by atoms with E-state index in [0.29, 0.717) is 23.5 Å². The Morgan fingerprint density at radius 3 is 2.30 bits per heavy atom. The van der Waals surface area contributed by atoms with E-state index in [1.165, 1.54) is 6.92 Å². The fraction of sp³-hybridized carbons (Fsp3) is 0.182. The first-order valence-electron chi connectivity index (χ1n) is 9.44. The SMILES string of the molecule is CC(=O)Nc1cccc(NC(=O)C(=O)NCc2cnn(Cc3ccccc3)c2)c1C. The number of carbonyl (C=O) groups excluding carboxylic acids is 3. The summed E-state index contributed by atoms with van der Waals surface area (Å²) >= 11 is 0. The van der Waals surface area contributed by atoms with E-state index < -0.39 is 11.8 Å². The Labute approximate surface area is 174 Å². The van der Waals surface area contributed by atoms with Gasteiger partial charge in [-0.15, -0.1) is 0 Å². The molecule has 0 saturated heterocycles. The van der Waals surface area contributed by atoms with Crippen LogP contribution < -0.4 is 16.0 Å². The summed E-state index contributed by atoms with van der Waals surface area (Å²) in [7, 11) is 0.